The molecule has 0 spiro atoms. The first-order valence-corrected chi connectivity index (χ1v) is 7.27. The fourth-order valence-electron chi connectivity index (χ4n) is 2.21. The second kappa shape index (κ2) is 6.31. The highest BCUT2D eigenvalue weighted by atomic mass is 16.5. The molecule has 0 unspecified atom stereocenters. The molecule has 0 atom stereocenters. The molecule has 0 bridgehead atoms. The SMILES string of the molecule is COc1ccc(C)cc1Cn1ccnc1CNC(C)(C)C. The molecule has 0 aliphatic carbocycles. The molecule has 114 valence electrons. The summed E-state index contributed by atoms with van der Waals surface area (Å²) in [5.41, 5.74) is 2.49. The van der Waals surface area contributed by atoms with Crippen LogP contribution < -0.4 is 10.1 Å². The zero-order valence-corrected chi connectivity index (χ0v) is 13.6. The van der Waals surface area contributed by atoms with E-state index in [4.69, 9.17) is 4.74 Å². The highest BCUT2D eigenvalue weighted by molar-refractivity contribution is 5.37. The molecule has 2 aromatic rings. The van der Waals surface area contributed by atoms with E-state index in [-0.39, 0.29) is 5.54 Å². The van der Waals surface area contributed by atoms with Gasteiger partial charge in [0.05, 0.1) is 20.2 Å². The number of nitrogens with one attached hydrogen (secondary N) is 1. The van der Waals surface area contributed by atoms with Crippen LogP contribution in [0.5, 0.6) is 5.75 Å². The summed E-state index contributed by atoms with van der Waals surface area (Å²) in [6, 6.07) is 6.26. The monoisotopic (exact) mass is 287 g/mol. The summed E-state index contributed by atoms with van der Waals surface area (Å²) >= 11 is 0. The van der Waals surface area contributed by atoms with Crippen LogP contribution in [0.15, 0.2) is 30.6 Å². The van der Waals surface area contributed by atoms with Crippen molar-refractivity contribution >= 4 is 0 Å². The lowest BCUT2D eigenvalue weighted by atomic mass is 10.1. The highest BCUT2D eigenvalue weighted by Gasteiger charge is 2.12. The molecule has 0 saturated carbocycles. The minimum Gasteiger partial charge on any atom is -0.496 e. The number of imidazole rings is 1. The zero-order chi connectivity index (χ0) is 15.5. The van der Waals surface area contributed by atoms with Gasteiger partial charge in [-0.3, -0.25) is 0 Å². The quantitative estimate of drug-likeness (QED) is 0.918. The first-order valence-electron chi connectivity index (χ1n) is 7.27. The van der Waals surface area contributed by atoms with Crippen LogP contribution in [0, 0.1) is 6.92 Å². The first kappa shape index (κ1) is 15.6. The van der Waals surface area contributed by atoms with Crippen molar-refractivity contribution in [1.82, 2.24) is 14.9 Å². The van der Waals surface area contributed by atoms with Gasteiger partial charge in [-0.05, 0) is 33.8 Å². The lowest BCUT2D eigenvalue weighted by Crippen LogP contribution is -2.36. The standard InChI is InChI=1S/C17H25N3O/c1-13-6-7-15(21-5)14(10-13)12-20-9-8-18-16(20)11-19-17(2,3)4/h6-10,19H,11-12H2,1-5H3. The van der Waals surface area contributed by atoms with Gasteiger partial charge in [0.25, 0.3) is 0 Å². The zero-order valence-electron chi connectivity index (χ0n) is 13.6. The molecule has 0 fully saturated rings. The number of aryl methyl sites for hydroxylation is 1. The Bertz CT molecular complexity index is 596. The van der Waals surface area contributed by atoms with Crippen molar-refractivity contribution in [3.05, 3.63) is 47.5 Å². The van der Waals surface area contributed by atoms with Crippen molar-refractivity contribution < 1.29 is 4.74 Å². The van der Waals surface area contributed by atoms with Gasteiger partial charge in [0, 0.05) is 23.5 Å². The fourth-order valence-corrected chi connectivity index (χ4v) is 2.21. The molecule has 0 aliphatic heterocycles. The van der Waals surface area contributed by atoms with Crippen LogP contribution in [0.3, 0.4) is 0 Å². The van der Waals surface area contributed by atoms with E-state index in [2.05, 4.69) is 54.7 Å². The van der Waals surface area contributed by atoms with Gasteiger partial charge in [-0.25, -0.2) is 4.98 Å². The maximum atomic E-state index is 5.45. The molecule has 1 heterocycles. The molecular weight excluding hydrogens is 262 g/mol. The Morgan fingerprint density at radius 1 is 1.29 bits per heavy atom. The van der Waals surface area contributed by atoms with Crippen LogP contribution in [-0.2, 0) is 13.1 Å². The van der Waals surface area contributed by atoms with E-state index >= 15 is 0 Å². The topological polar surface area (TPSA) is 39.1 Å². The van der Waals surface area contributed by atoms with Crippen molar-refractivity contribution in [2.45, 2.75) is 46.3 Å². The number of hydrogen-bond acceptors (Lipinski definition) is 3. The van der Waals surface area contributed by atoms with E-state index in [0.29, 0.717) is 0 Å². The number of ether oxygens (including phenoxy) is 1. The smallest absolute Gasteiger partial charge is 0.123 e. The molecule has 0 radical (unpaired) electrons. The van der Waals surface area contributed by atoms with E-state index in [9.17, 15) is 0 Å². The second-order valence-electron chi connectivity index (χ2n) is 6.39. The summed E-state index contributed by atoms with van der Waals surface area (Å²) in [5.74, 6) is 1.96. The molecular formula is C17H25N3O. The molecule has 1 N–H and O–H groups in total. The van der Waals surface area contributed by atoms with Crippen molar-refractivity contribution in [2.75, 3.05) is 7.11 Å². The van der Waals surface area contributed by atoms with E-state index in [1.807, 2.05) is 18.5 Å². The largest absolute Gasteiger partial charge is 0.496 e. The minimum absolute atomic E-state index is 0.0812. The van der Waals surface area contributed by atoms with Crippen molar-refractivity contribution in [3.8, 4) is 5.75 Å². The van der Waals surface area contributed by atoms with Gasteiger partial charge >= 0.3 is 0 Å². The van der Waals surface area contributed by atoms with Gasteiger partial charge in [0.15, 0.2) is 0 Å². The molecule has 0 amide bonds. The number of hydrogen-bond donors (Lipinski definition) is 1. The molecule has 0 saturated heterocycles. The van der Waals surface area contributed by atoms with E-state index in [0.717, 1.165) is 24.7 Å². The minimum atomic E-state index is 0.0812. The van der Waals surface area contributed by atoms with Crippen molar-refractivity contribution in [2.24, 2.45) is 0 Å². The van der Waals surface area contributed by atoms with Gasteiger partial charge in [0.1, 0.15) is 11.6 Å². The molecule has 21 heavy (non-hydrogen) atoms. The number of rotatable bonds is 5. The Kier molecular flexibility index (Phi) is 4.68. The third kappa shape index (κ3) is 4.33. The lowest BCUT2D eigenvalue weighted by Gasteiger charge is -2.21. The Morgan fingerprint density at radius 3 is 2.71 bits per heavy atom. The summed E-state index contributed by atoms with van der Waals surface area (Å²) in [4.78, 5) is 4.45. The summed E-state index contributed by atoms with van der Waals surface area (Å²) in [5, 5.41) is 3.48. The average molecular weight is 287 g/mol. The normalized spacial score (nSPS) is 11.7. The maximum absolute atomic E-state index is 5.45. The highest BCUT2D eigenvalue weighted by Crippen LogP contribution is 2.21. The molecule has 0 aliphatic rings. The van der Waals surface area contributed by atoms with E-state index in [1.54, 1.807) is 7.11 Å². The molecule has 1 aromatic carbocycles. The molecule has 4 heteroatoms. The van der Waals surface area contributed by atoms with Crippen LogP contribution in [0.25, 0.3) is 0 Å². The third-order valence-corrected chi connectivity index (χ3v) is 3.36. The third-order valence-electron chi connectivity index (χ3n) is 3.36. The Hall–Kier alpha value is -1.81. The second-order valence-corrected chi connectivity index (χ2v) is 6.39. The van der Waals surface area contributed by atoms with Crippen LogP contribution in [0.2, 0.25) is 0 Å². The Labute approximate surface area is 127 Å². The van der Waals surface area contributed by atoms with Gasteiger partial charge in [-0.15, -0.1) is 0 Å². The van der Waals surface area contributed by atoms with Crippen LogP contribution >= 0.6 is 0 Å². The number of benzene rings is 1. The first-order chi connectivity index (χ1) is 9.89. The molecule has 4 nitrogen and oxygen atoms in total. The van der Waals surface area contributed by atoms with Crippen LogP contribution in [0.4, 0.5) is 0 Å². The fraction of sp³-hybridized carbons (Fsp3) is 0.471. The average Bonchev–Trinajstić information content (AvgIpc) is 2.83. The van der Waals surface area contributed by atoms with E-state index < -0.39 is 0 Å². The van der Waals surface area contributed by atoms with Gasteiger partial charge in [-0.1, -0.05) is 17.7 Å². The number of nitrogens with zero attached hydrogens (tertiary/aromatic N) is 2. The summed E-state index contributed by atoms with van der Waals surface area (Å²) in [6.45, 7) is 10.1. The number of aromatic nitrogens is 2. The summed E-state index contributed by atoms with van der Waals surface area (Å²) in [6.07, 6.45) is 3.86. The predicted molar refractivity (Wildman–Crippen MR) is 85.7 cm³/mol. The Balaban J connectivity index is 2.17. The van der Waals surface area contributed by atoms with Crippen molar-refractivity contribution in [3.63, 3.8) is 0 Å². The summed E-state index contributed by atoms with van der Waals surface area (Å²) in [7, 11) is 1.71. The predicted octanol–water partition coefficient (Wildman–Crippen LogP) is 3.14. The van der Waals surface area contributed by atoms with Crippen LogP contribution in [-0.4, -0.2) is 22.2 Å². The number of methoxy groups -OCH3 is 1. The van der Waals surface area contributed by atoms with Crippen LogP contribution in [0.1, 0.15) is 37.7 Å². The van der Waals surface area contributed by atoms with Gasteiger partial charge < -0.3 is 14.6 Å². The Morgan fingerprint density at radius 2 is 2.05 bits per heavy atom. The van der Waals surface area contributed by atoms with Gasteiger partial charge in [-0.2, -0.15) is 0 Å². The van der Waals surface area contributed by atoms with Gasteiger partial charge in [0.2, 0.25) is 0 Å². The maximum Gasteiger partial charge on any atom is 0.123 e. The summed E-state index contributed by atoms with van der Waals surface area (Å²) < 4.78 is 7.62. The lowest BCUT2D eigenvalue weighted by molar-refractivity contribution is 0.403. The molecule has 1 aromatic heterocycles. The van der Waals surface area contributed by atoms with Crippen molar-refractivity contribution in [1.29, 1.82) is 0 Å². The van der Waals surface area contributed by atoms with E-state index in [1.165, 1.54) is 11.1 Å². The molecule has 2 rings (SSSR count).